The maximum Gasteiger partial charge on any atom is 0.254 e. The van der Waals surface area contributed by atoms with Crippen LogP contribution in [0.4, 0.5) is 0 Å². The maximum absolute atomic E-state index is 12.9. The number of hydrogen-bond donors (Lipinski definition) is 0. The molecule has 29 heavy (non-hydrogen) atoms. The normalized spacial score (nSPS) is 21.2. The van der Waals surface area contributed by atoms with Gasteiger partial charge in [0.2, 0.25) is 5.91 Å². The summed E-state index contributed by atoms with van der Waals surface area (Å²) in [5.41, 5.74) is 1.33. The Labute approximate surface area is 171 Å². The Bertz CT molecular complexity index is 1010. The van der Waals surface area contributed by atoms with E-state index in [-0.39, 0.29) is 17.7 Å². The van der Waals surface area contributed by atoms with Crippen LogP contribution < -0.4 is 0 Å². The van der Waals surface area contributed by atoms with Crippen molar-refractivity contribution >= 4 is 23.2 Å². The lowest BCUT2D eigenvalue weighted by molar-refractivity contribution is -0.134. The molecule has 0 N–H and O–H groups in total. The van der Waals surface area contributed by atoms with Crippen LogP contribution in [0.2, 0.25) is 0 Å². The molecule has 0 bridgehead atoms. The first-order valence-corrected chi connectivity index (χ1v) is 10.5. The fraction of sp³-hybridized carbons (Fsp3) is 0.350. The van der Waals surface area contributed by atoms with Crippen molar-refractivity contribution in [2.45, 2.75) is 12.3 Å². The quantitative estimate of drug-likeness (QED) is 0.657. The minimum Gasteiger partial charge on any atom is -0.339 e. The zero-order valence-corrected chi connectivity index (χ0v) is 16.5. The van der Waals surface area contributed by atoms with Crippen molar-refractivity contribution in [3.8, 4) is 5.69 Å². The summed E-state index contributed by atoms with van der Waals surface area (Å²) in [5.74, 6) is 0.700. The Morgan fingerprint density at radius 1 is 1.03 bits per heavy atom. The van der Waals surface area contributed by atoms with Gasteiger partial charge >= 0.3 is 0 Å². The highest BCUT2D eigenvalue weighted by atomic mass is 32.1. The van der Waals surface area contributed by atoms with Gasteiger partial charge in [-0.15, -0.1) is 16.4 Å². The minimum atomic E-state index is -0.0325. The van der Waals surface area contributed by atoms with Crippen molar-refractivity contribution in [1.29, 1.82) is 0 Å². The molecule has 3 heterocycles. The van der Waals surface area contributed by atoms with Gasteiger partial charge in [0.15, 0.2) is 0 Å². The SMILES string of the molecule is O=C(c1cccc(-n2cnnn2)c1)N1CCN(C(=O)[C@@H]2C[C@@H]2c2cccs2)CC1. The van der Waals surface area contributed by atoms with Gasteiger partial charge in [0, 0.05) is 48.5 Å². The van der Waals surface area contributed by atoms with Crippen LogP contribution in [-0.2, 0) is 4.79 Å². The van der Waals surface area contributed by atoms with Gasteiger partial charge < -0.3 is 9.80 Å². The van der Waals surface area contributed by atoms with Crippen molar-refractivity contribution in [3.05, 3.63) is 58.5 Å². The fourth-order valence-corrected chi connectivity index (χ4v) is 4.80. The molecule has 3 aromatic rings. The van der Waals surface area contributed by atoms with Crippen LogP contribution in [-0.4, -0.2) is 68.0 Å². The molecule has 1 aliphatic carbocycles. The molecule has 2 amide bonds. The molecular formula is C20H20N6O2S. The third kappa shape index (κ3) is 3.53. The van der Waals surface area contributed by atoms with Crippen LogP contribution in [0, 0.1) is 5.92 Å². The molecule has 1 aromatic carbocycles. The second kappa shape index (κ2) is 7.40. The number of tetrazole rings is 1. The first kappa shape index (κ1) is 18.0. The summed E-state index contributed by atoms with van der Waals surface area (Å²) in [6.07, 6.45) is 2.44. The highest BCUT2D eigenvalue weighted by molar-refractivity contribution is 7.10. The van der Waals surface area contributed by atoms with Crippen LogP contribution in [0.1, 0.15) is 27.6 Å². The largest absolute Gasteiger partial charge is 0.339 e. The molecule has 0 spiro atoms. The van der Waals surface area contributed by atoms with Crippen LogP contribution >= 0.6 is 11.3 Å². The molecule has 2 fully saturated rings. The zero-order chi connectivity index (χ0) is 19.8. The Morgan fingerprint density at radius 2 is 1.86 bits per heavy atom. The number of piperazine rings is 1. The van der Waals surface area contributed by atoms with Gasteiger partial charge in [-0.3, -0.25) is 9.59 Å². The summed E-state index contributed by atoms with van der Waals surface area (Å²) < 4.78 is 1.52. The van der Waals surface area contributed by atoms with E-state index in [1.54, 1.807) is 23.5 Å². The van der Waals surface area contributed by atoms with Gasteiger partial charge in [0.1, 0.15) is 6.33 Å². The van der Waals surface area contributed by atoms with E-state index in [1.165, 1.54) is 15.9 Å². The summed E-state index contributed by atoms with van der Waals surface area (Å²) in [6, 6.07) is 11.4. The number of benzene rings is 1. The predicted octanol–water partition coefficient (Wildman–Crippen LogP) is 1.81. The Balaban J connectivity index is 1.19. The topological polar surface area (TPSA) is 84.2 Å². The number of nitrogens with zero attached hydrogens (tertiary/aromatic N) is 6. The average Bonchev–Trinajstić information content (AvgIpc) is 3.16. The third-order valence-electron chi connectivity index (χ3n) is 5.60. The van der Waals surface area contributed by atoms with E-state index in [4.69, 9.17) is 0 Å². The summed E-state index contributed by atoms with van der Waals surface area (Å²) in [5, 5.41) is 13.2. The van der Waals surface area contributed by atoms with Gasteiger partial charge in [-0.2, -0.15) is 0 Å². The second-order valence-corrected chi connectivity index (χ2v) is 8.37. The van der Waals surface area contributed by atoms with Gasteiger partial charge in [0.05, 0.1) is 5.69 Å². The first-order valence-electron chi connectivity index (χ1n) is 9.65. The van der Waals surface area contributed by atoms with E-state index in [2.05, 4.69) is 27.0 Å². The van der Waals surface area contributed by atoms with E-state index in [1.807, 2.05) is 28.0 Å². The maximum atomic E-state index is 12.9. The van der Waals surface area contributed by atoms with Crippen LogP contribution in [0.25, 0.3) is 5.69 Å². The summed E-state index contributed by atoms with van der Waals surface area (Å²) in [4.78, 5) is 30.7. The molecule has 148 valence electrons. The summed E-state index contributed by atoms with van der Waals surface area (Å²) >= 11 is 1.73. The van der Waals surface area contributed by atoms with Gasteiger partial charge in [-0.05, 0) is 46.5 Å². The number of aromatic nitrogens is 4. The highest BCUT2D eigenvalue weighted by Crippen LogP contribution is 2.50. The lowest BCUT2D eigenvalue weighted by Crippen LogP contribution is -2.51. The molecule has 1 saturated heterocycles. The van der Waals surface area contributed by atoms with E-state index in [0.717, 1.165) is 12.1 Å². The Hall–Kier alpha value is -3.07. The number of thiophene rings is 1. The highest BCUT2D eigenvalue weighted by Gasteiger charge is 2.46. The molecule has 9 heteroatoms. The number of rotatable bonds is 4. The van der Waals surface area contributed by atoms with Crippen molar-refractivity contribution in [2.24, 2.45) is 5.92 Å². The summed E-state index contributed by atoms with van der Waals surface area (Å²) in [6.45, 7) is 2.28. The van der Waals surface area contributed by atoms with Crippen LogP contribution in [0.3, 0.4) is 0 Å². The van der Waals surface area contributed by atoms with Gasteiger partial charge in [0.25, 0.3) is 5.91 Å². The lowest BCUT2D eigenvalue weighted by atomic mass is 10.1. The van der Waals surface area contributed by atoms with Gasteiger partial charge in [-0.1, -0.05) is 12.1 Å². The van der Waals surface area contributed by atoms with E-state index < -0.39 is 0 Å². The smallest absolute Gasteiger partial charge is 0.254 e. The third-order valence-corrected chi connectivity index (χ3v) is 6.61. The molecule has 2 atom stereocenters. The minimum absolute atomic E-state index is 0.0325. The molecule has 0 radical (unpaired) electrons. The zero-order valence-electron chi connectivity index (χ0n) is 15.7. The second-order valence-electron chi connectivity index (χ2n) is 7.39. The molecule has 1 saturated carbocycles. The van der Waals surface area contributed by atoms with Crippen LogP contribution in [0.5, 0.6) is 0 Å². The van der Waals surface area contributed by atoms with Crippen molar-refractivity contribution in [3.63, 3.8) is 0 Å². The predicted molar refractivity (Wildman–Crippen MR) is 107 cm³/mol. The standard InChI is InChI=1S/C20H20N6O2S/c27-19(14-3-1-4-15(11-14)26-13-21-22-23-26)24-6-8-25(9-7-24)20(28)17-12-16(17)18-5-2-10-29-18/h1-5,10-11,13,16-17H,6-9,12H2/t16-,17+/m0/s1. The number of carbonyl (C=O) groups excluding carboxylic acids is 2. The van der Waals surface area contributed by atoms with Gasteiger partial charge in [-0.25, -0.2) is 4.68 Å². The van der Waals surface area contributed by atoms with E-state index >= 15 is 0 Å². The van der Waals surface area contributed by atoms with Crippen molar-refractivity contribution < 1.29 is 9.59 Å². The Kier molecular flexibility index (Phi) is 4.59. The lowest BCUT2D eigenvalue weighted by Gasteiger charge is -2.35. The first-order chi connectivity index (χ1) is 14.2. The monoisotopic (exact) mass is 408 g/mol. The molecule has 5 rings (SSSR count). The van der Waals surface area contributed by atoms with E-state index in [9.17, 15) is 9.59 Å². The molecule has 8 nitrogen and oxygen atoms in total. The Morgan fingerprint density at radius 3 is 2.59 bits per heavy atom. The van der Waals surface area contributed by atoms with E-state index in [0.29, 0.717) is 37.7 Å². The molecule has 2 aliphatic rings. The molecule has 1 aliphatic heterocycles. The number of amides is 2. The fourth-order valence-electron chi connectivity index (χ4n) is 3.89. The van der Waals surface area contributed by atoms with Crippen molar-refractivity contribution in [2.75, 3.05) is 26.2 Å². The van der Waals surface area contributed by atoms with Crippen LogP contribution in [0.15, 0.2) is 48.1 Å². The number of carbonyl (C=O) groups is 2. The van der Waals surface area contributed by atoms with Crippen molar-refractivity contribution in [1.82, 2.24) is 30.0 Å². The number of hydrogen-bond acceptors (Lipinski definition) is 6. The molecule has 2 aromatic heterocycles. The average molecular weight is 408 g/mol. The molecular weight excluding hydrogens is 388 g/mol. The molecule has 0 unspecified atom stereocenters. The summed E-state index contributed by atoms with van der Waals surface area (Å²) in [7, 11) is 0.